The van der Waals surface area contributed by atoms with Gasteiger partial charge in [0.05, 0.1) is 0 Å². The largest absolute Gasteiger partial charge is 0.352 e. The van der Waals surface area contributed by atoms with Gasteiger partial charge in [0, 0.05) is 18.0 Å². The minimum Gasteiger partial charge on any atom is -0.352 e. The molecule has 1 amide bonds. The van der Waals surface area contributed by atoms with Crippen LogP contribution in [0.5, 0.6) is 0 Å². The van der Waals surface area contributed by atoms with E-state index in [1.165, 1.54) is 25.7 Å². The highest BCUT2D eigenvalue weighted by Gasteiger charge is 2.25. The Morgan fingerprint density at radius 1 is 1.20 bits per heavy atom. The number of carbonyl (C=O) groups excluding carboxylic acids is 1. The minimum absolute atomic E-state index is 0.0551. The highest BCUT2D eigenvalue weighted by atomic mass is 35.5. The molecule has 1 aromatic rings. The second-order valence-corrected chi connectivity index (χ2v) is 6.24. The first-order valence-corrected chi connectivity index (χ1v) is 8.07. The van der Waals surface area contributed by atoms with Crippen LogP contribution in [-0.4, -0.2) is 18.3 Å². The number of carbonyl (C=O) groups is 1. The Morgan fingerprint density at radius 3 is 2.40 bits per heavy atom. The van der Waals surface area contributed by atoms with Gasteiger partial charge >= 0.3 is 0 Å². The summed E-state index contributed by atoms with van der Waals surface area (Å²) in [6, 6.07) is 5.97. The van der Waals surface area contributed by atoms with Crippen LogP contribution in [0.1, 0.15) is 47.2 Å². The lowest BCUT2D eigenvalue weighted by Gasteiger charge is -2.30. The van der Waals surface area contributed by atoms with Gasteiger partial charge in [-0.25, -0.2) is 0 Å². The van der Waals surface area contributed by atoms with E-state index >= 15 is 0 Å². The molecule has 2 atom stereocenters. The summed E-state index contributed by atoms with van der Waals surface area (Å²) in [5.74, 6) is 1.86. The SMILES string of the molecule is Cc1cccc(C)c1C(=O)NCC1CCCCC1CCl. The predicted octanol–water partition coefficient (Wildman–Crippen LogP) is 4.08. The molecule has 0 radical (unpaired) electrons. The zero-order valence-corrected chi connectivity index (χ0v) is 13.2. The number of hydrogen-bond acceptors (Lipinski definition) is 1. The maximum absolute atomic E-state index is 12.4. The molecule has 1 N–H and O–H groups in total. The molecule has 0 aliphatic heterocycles. The second-order valence-electron chi connectivity index (χ2n) is 5.94. The molecule has 2 unspecified atom stereocenters. The summed E-state index contributed by atoms with van der Waals surface area (Å²) in [4.78, 5) is 12.4. The average Bonchev–Trinajstić information content (AvgIpc) is 2.45. The van der Waals surface area contributed by atoms with Crippen LogP contribution < -0.4 is 5.32 Å². The van der Waals surface area contributed by atoms with E-state index in [0.717, 1.165) is 23.2 Å². The van der Waals surface area contributed by atoms with Crippen LogP contribution in [0.2, 0.25) is 0 Å². The number of rotatable bonds is 4. The molecule has 2 nitrogen and oxygen atoms in total. The van der Waals surface area contributed by atoms with Crippen LogP contribution in [0, 0.1) is 25.7 Å². The molecule has 1 aliphatic carbocycles. The molecule has 2 rings (SSSR count). The van der Waals surface area contributed by atoms with E-state index in [2.05, 4.69) is 5.32 Å². The minimum atomic E-state index is 0.0551. The third-order valence-electron chi connectivity index (χ3n) is 4.50. The van der Waals surface area contributed by atoms with Gasteiger partial charge in [-0.05, 0) is 49.7 Å². The predicted molar refractivity (Wildman–Crippen MR) is 84.4 cm³/mol. The van der Waals surface area contributed by atoms with Gasteiger partial charge in [-0.1, -0.05) is 31.0 Å². The Labute approximate surface area is 126 Å². The topological polar surface area (TPSA) is 29.1 Å². The van der Waals surface area contributed by atoms with Gasteiger partial charge in [0.2, 0.25) is 0 Å². The Kier molecular flexibility index (Phi) is 5.47. The fourth-order valence-electron chi connectivity index (χ4n) is 3.24. The van der Waals surface area contributed by atoms with Crippen molar-refractivity contribution in [2.45, 2.75) is 39.5 Å². The van der Waals surface area contributed by atoms with Crippen molar-refractivity contribution in [3.63, 3.8) is 0 Å². The van der Waals surface area contributed by atoms with E-state index in [1.807, 2.05) is 32.0 Å². The van der Waals surface area contributed by atoms with Crippen LogP contribution in [0.3, 0.4) is 0 Å². The van der Waals surface area contributed by atoms with E-state index in [0.29, 0.717) is 17.7 Å². The number of aryl methyl sites for hydroxylation is 2. The molecule has 0 heterocycles. The zero-order valence-electron chi connectivity index (χ0n) is 12.4. The maximum Gasteiger partial charge on any atom is 0.251 e. The van der Waals surface area contributed by atoms with Gasteiger partial charge in [-0.2, -0.15) is 0 Å². The molecular weight excluding hydrogens is 270 g/mol. The lowest BCUT2D eigenvalue weighted by molar-refractivity contribution is 0.0935. The normalized spacial score (nSPS) is 22.6. The average molecular weight is 294 g/mol. The molecule has 1 aromatic carbocycles. The van der Waals surface area contributed by atoms with Crippen molar-refractivity contribution in [1.29, 1.82) is 0 Å². The number of amides is 1. The molecule has 0 bridgehead atoms. The summed E-state index contributed by atoms with van der Waals surface area (Å²) in [5.41, 5.74) is 2.91. The van der Waals surface area contributed by atoms with Gasteiger partial charge in [-0.3, -0.25) is 4.79 Å². The van der Waals surface area contributed by atoms with Crippen LogP contribution in [0.25, 0.3) is 0 Å². The fourth-order valence-corrected chi connectivity index (χ4v) is 3.65. The molecule has 1 fully saturated rings. The van der Waals surface area contributed by atoms with Crippen LogP contribution in [0.4, 0.5) is 0 Å². The summed E-state index contributed by atoms with van der Waals surface area (Å²) in [6.07, 6.45) is 4.92. The molecule has 110 valence electrons. The lowest BCUT2D eigenvalue weighted by atomic mass is 9.80. The number of halogens is 1. The Hall–Kier alpha value is -1.02. The Morgan fingerprint density at radius 2 is 1.80 bits per heavy atom. The summed E-state index contributed by atoms with van der Waals surface area (Å²) >= 11 is 6.05. The number of hydrogen-bond donors (Lipinski definition) is 1. The quantitative estimate of drug-likeness (QED) is 0.833. The van der Waals surface area contributed by atoms with Crippen molar-refractivity contribution in [2.24, 2.45) is 11.8 Å². The molecule has 0 spiro atoms. The smallest absolute Gasteiger partial charge is 0.251 e. The van der Waals surface area contributed by atoms with Gasteiger partial charge in [0.25, 0.3) is 5.91 Å². The molecule has 1 aliphatic rings. The summed E-state index contributed by atoms with van der Waals surface area (Å²) in [7, 11) is 0. The highest BCUT2D eigenvalue weighted by Crippen LogP contribution is 2.30. The first-order valence-electron chi connectivity index (χ1n) is 7.54. The first kappa shape index (κ1) is 15.4. The van der Waals surface area contributed by atoms with E-state index in [1.54, 1.807) is 0 Å². The molecule has 0 aromatic heterocycles. The number of alkyl halides is 1. The highest BCUT2D eigenvalue weighted by molar-refractivity contribution is 6.18. The zero-order chi connectivity index (χ0) is 14.5. The Balaban J connectivity index is 1.98. The molecule has 3 heteroatoms. The first-order chi connectivity index (χ1) is 9.63. The second kappa shape index (κ2) is 7.12. The standard InChI is InChI=1S/C17H24ClNO/c1-12-6-5-7-13(2)16(12)17(20)19-11-15-9-4-3-8-14(15)10-18/h5-7,14-15H,3-4,8-11H2,1-2H3,(H,19,20). The van der Waals surface area contributed by atoms with Crippen molar-refractivity contribution in [1.82, 2.24) is 5.32 Å². The monoisotopic (exact) mass is 293 g/mol. The third-order valence-corrected chi connectivity index (χ3v) is 4.89. The summed E-state index contributed by atoms with van der Waals surface area (Å²) in [6.45, 7) is 4.73. The maximum atomic E-state index is 12.4. The van der Waals surface area contributed by atoms with E-state index in [-0.39, 0.29) is 5.91 Å². The van der Waals surface area contributed by atoms with Gasteiger partial charge in [0.15, 0.2) is 0 Å². The van der Waals surface area contributed by atoms with E-state index < -0.39 is 0 Å². The van der Waals surface area contributed by atoms with Crippen LogP contribution in [0.15, 0.2) is 18.2 Å². The molecule has 1 saturated carbocycles. The van der Waals surface area contributed by atoms with Crippen molar-refractivity contribution < 1.29 is 4.79 Å². The van der Waals surface area contributed by atoms with Crippen LogP contribution >= 0.6 is 11.6 Å². The van der Waals surface area contributed by atoms with Crippen molar-refractivity contribution >= 4 is 17.5 Å². The van der Waals surface area contributed by atoms with Crippen molar-refractivity contribution in [3.8, 4) is 0 Å². The third kappa shape index (κ3) is 3.54. The molecular formula is C17H24ClNO. The van der Waals surface area contributed by atoms with Gasteiger partial charge in [-0.15, -0.1) is 11.6 Å². The van der Waals surface area contributed by atoms with E-state index in [9.17, 15) is 4.79 Å². The van der Waals surface area contributed by atoms with Crippen molar-refractivity contribution in [2.75, 3.05) is 12.4 Å². The molecule has 20 heavy (non-hydrogen) atoms. The summed E-state index contributed by atoms with van der Waals surface area (Å²) < 4.78 is 0. The van der Waals surface area contributed by atoms with Gasteiger partial charge < -0.3 is 5.32 Å². The summed E-state index contributed by atoms with van der Waals surface area (Å²) in [5, 5.41) is 3.12. The number of nitrogens with one attached hydrogen (secondary N) is 1. The number of benzene rings is 1. The van der Waals surface area contributed by atoms with Crippen LogP contribution in [-0.2, 0) is 0 Å². The van der Waals surface area contributed by atoms with Gasteiger partial charge in [0.1, 0.15) is 0 Å². The fraction of sp³-hybridized carbons (Fsp3) is 0.588. The van der Waals surface area contributed by atoms with Crippen molar-refractivity contribution in [3.05, 3.63) is 34.9 Å². The lowest BCUT2D eigenvalue weighted by Crippen LogP contribution is -2.35. The van der Waals surface area contributed by atoms with E-state index in [4.69, 9.17) is 11.6 Å². The molecule has 0 saturated heterocycles. The Bertz CT molecular complexity index is 452.